The van der Waals surface area contributed by atoms with Crippen LogP contribution in [0.15, 0.2) is 18.2 Å². The third-order valence-corrected chi connectivity index (χ3v) is 4.15. The summed E-state index contributed by atoms with van der Waals surface area (Å²) in [5.41, 5.74) is 1.15. The lowest BCUT2D eigenvalue weighted by molar-refractivity contribution is 0.371. The van der Waals surface area contributed by atoms with Crippen LogP contribution in [0.5, 0.6) is 0 Å². The summed E-state index contributed by atoms with van der Waals surface area (Å²) in [7, 11) is 0. The lowest BCUT2D eigenvalue weighted by Gasteiger charge is -2.16. The van der Waals surface area contributed by atoms with E-state index in [0.717, 1.165) is 5.56 Å². The van der Waals surface area contributed by atoms with Crippen LogP contribution < -0.4 is 0 Å². The number of hydrogen-bond acceptors (Lipinski definition) is 0. The Balaban J connectivity index is 2.66. The monoisotopic (exact) mass is 364 g/mol. The summed E-state index contributed by atoms with van der Waals surface area (Å²) in [5, 5.41) is 0. The number of rotatable bonds is 2. The van der Waals surface area contributed by atoms with E-state index in [9.17, 15) is 22.0 Å². The Morgan fingerprint density at radius 3 is 1.76 bits per heavy atom. The maximum absolute atomic E-state index is 13.8. The molecular weight excluding hydrogens is 355 g/mol. The van der Waals surface area contributed by atoms with Crippen LogP contribution >= 0.6 is 15.9 Å². The number of alkyl halides is 1. The van der Waals surface area contributed by atoms with Gasteiger partial charge in [0.2, 0.25) is 5.82 Å². The summed E-state index contributed by atoms with van der Waals surface area (Å²) in [6.45, 7) is 3.53. The summed E-state index contributed by atoms with van der Waals surface area (Å²) >= 11 is 3.03. The zero-order valence-corrected chi connectivity index (χ0v) is 12.7. The molecule has 6 heteroatoms. The largest absolute Gasteiger partial charge is 0.203 e. The van der Waals surface area contributed by atoms with E-state index in [1.807, 2.05) is 6.92 Å². The molecule has 0 nitrogen and oxygen atoms in total. The number of aryl methyl sites for hydroxylation is 2. The Kier molecular flexibility index (Phi) is 4.37. The van der Waals surface area contributed by atoms with Gasteiger partial charge in [0.05, 0.1) is 4.83 Å². The molecule has 0 aliphatic heterocycles. The van der Waals surface area contributed by atoms with Gasteiger partial charge >= 0.3 is 0 Å². The first-order chi connectivity index (χ1) is 9.75. The molecule has 0 spiro atoms. The SMILES string of the molecule is Cc1ccc(C(Br)c2c(F)c(F)c(F)c(F)c2F)c(C)c1. The van der Waals surface area contributed by atoms with Crippen molar-refractivity contribution in [3.63, 3.8) is 0 Å². The molecular formula is C15H10BrF5. The van der Waals surface area contributed by atoms with Crippen molar-refractivity contribution in [1.29, 1.82) is 0 Å². The molecule has 0 amide bonds. The molecule has 1 atom stereocenters. The highest BCUT2D eigenvalue weighted by Gasteiger charge is 2.30. The van der Waals surface area contributed by atoms with Gasteiger partial charge in [0, 0.05) is 5.56 Å². The van der Waals surface area contributed by atoms with Crippen molar-refractivity contribution in [2.24, 2.45) is 0 Å². The second kappa shape index (κ2) is 5.75. The number of benzene rings is 2. The van der Waals surface area contributed by atoms with E-state index >= 15 is 0 Å². The van der Waals surface area contributed by atoms with Crippen molar-refractivity contribution in [2.75, 3.05) is 0 Å². The van der Waals surface area contributed by atoms with Gasteiger partial charge in [-0.2, -0.15) is 0 Å². The average molecular weight is 365 g/mol. The lowest BCUT2D eigenvalue weighted by atomic mass is 9.97. The molecule has 0 fully saturated rings. The van der Waals surface area contributed by atoms with Gasteiger partial charge in [0.15, 0.2) is 23.3 Å². The molecule has 2 aromatic carbocycles. The molecule has 0 heterocycles. The molecule has 0 aliphatic carbocycles. The molecule has 2 aromatic rings. The van der Waals surface area contributed by atoms with Gasteiger partial charge in [-0.15, -0.1) is 0 Å². The van der Waals surface area contributed by atoms with Crippen LogP contribution in [-0.4, -0.2) is 0 Å². The van der Waals surface area contributed by atoms with Crippen molar-refractivity contribution in [1.82, 2.24) is 0 Å². The Bertz CT molecular complexity index is 683. The average Bonchev–Trinajstić information content (AvgIpc) is 2.43. The highest BCUT2D eigenvalue weighted by atomic mass is 79.9. The smallest absolute Gasteiger partial charge is 0.200 e. The van der Waals surface area contributed by atoms with Gasteiger partial charge in [0.1, 0.15) is 0 Å². The molecule has 0 radical (unpaired) electrons. The van der Waals surface area contributed by atoms with Crippen molar-refractivity contribution < 1.29 is 22.0 Å². The van der Waals surface area contributed by atoms with Crippen molar-refractivity contribution in [3.05, 3.63) is 69.5 Å². The molecule has 2 rings (SSSR count). The predicted octanol–water partition coefficient (Wildman–Crippen LogP) is 5.48. The van der Waals surface area contributed by atoms with Crippen molar-refractivity contribution in [3.8, 4) is 0 Å². The van der Waals surface area contributed by atoms with Crippen LogP contribution in [0, 0.1) is 42.9 Å². The summed E-state index contributed by atoms with van der Waals surface area (Å²) in [5.74, 6) is -9.70. The van der Waals surface area contributed by atoms with Gasteiger partial charge in [-0.25, -0.2) is 22.0 Å². The topological polar surface area (TPSA) is 0 Å². The molecule has 112 valence electrons. The summed E-state index contributed by atoms with van der Waals surface area (Å²) in [4.78, 5) is -1.14. The first kappa shape index (κ1) is 15.9. The summed E-state index contributed by atoms with van der Waals surface area (Å²) in [6, 6.07) is 5.04. The summed E-state index contributed by atoms with van der Waals surface area (Å²) < 4.78 is 67.2. The first-order valence-corrected chi connectivity index (χ1v) is 6.89. The van der Waals surface area contributed by atoms with Crippen LogP contribution in [0.1, 0.15) is 27.1 Å². The van der Waals surface area contributed by atoms with Crippen LogP contribution in [0.25, 0.3) is 0 Å². The third-order valence-electron chi connectivity index (χ3n) is 3.20. The van der Waals surface area contributed by atoms with Crippen LogP contribution in [0.3, 0.4) is 0 Å². The number of halogens is 6. The van der Waals surface area contributed by atoms with E-state index in [-0.39, 0.29) is 0 Å². The Hall–Kier alpha value is -1.43. The summed E-state index contributed by atoms with van der Waals surface area (Å²) in [6.07, 6.45) is 0. The molecule has 0 saturated carbocycles. The predicted molar refractivity (Wildman–Crippen MR) is 72.9 cm³/mol. The molecule has 0 N–H and O–H groups in total. The van der Waals surface area contributed by atoms with Gasteiger partial charge in [-0.3, -0.25) is 0 Å². The van der Waals surface area contributed by atoms with Gasteiger partial charge in [-0.05, 0) is 25.0 Å². The fourth-order valence-electron chi connectivity index (χ4n) is 2.11. The van der Waals surface area contributed by atoms with Crippen LogP contribution in [0.4, 0.5) is 22.0 Å². The highest BCUT2D eigenvalue weighted by Crippen LogP contribution is 2.38. The second-order valence-electron chi connectivity index (χ2n) is 4.71. The minimum Gasteiger partial charge on any atom is -0.203 e. The van der Waals surface area contributed by atoms with Crippen LogP contribution in [0.2, 0.25) is 0 Å². The van der Waals surface area contributed by atoms with Crippen molar-refractivity contribution in [2.45, 2.75) is 18.7 Å². The molecule has 0 aliphatic rings. The standard InChI is InChI=1S/C15H10BrF5/c1-6-3-4-8(7(2)5-6)10(16)9-11(17)13(19)15(21)14(20)12(9)18/h3-5,10H,1-2H3. The Labute approximate surface area is 126 Å². The lowest BCUT2D eigenvalue weighted by Crippen LogP contribution is -2.10. The molecule has 0 bridgehead atoms. The van der Waals surface area contributed by atoms with E-state index in [4.69, 9.17) is 0 Å². The minimum absolute atomic E-state index is 0.434. The fourth-order valence-corrected chi connectivity index (χ4v) is 3.03. The van der Waals surface area contributed by atoms with E-state index in [1.54, 1.807) is 25.1 Å². The molecule has 1 unspecified atom stereocenters. The Morgan fingerprint density at radius 2 is 1.29 bits per heavy atom. The van der Waals surface area contributed by atoms with E-state index in [0.29, 0.717) is 11.1 Å². The maximum atomic E-state index is 13.8. The maximum Gasteiger partial charge on any atom is 0.200 e. The number of hydrogen-bond donors (Lipinski definition) is 0. The van der Waals surface area contributed by atoms with E-state index in [2.05, 4.69) is 15.9 Å². The van der Waals surface area contributed by atoms with Gasteiger partial charge in [0.25, 0.3) is 0 Å². The second-order valence-corrected chi connectivity index (χ2v) is 5.62. The molecule has 21 heavy (non-hydrogen) atoms. The fraction of sp³-hybridized carbons (Fsp3) is 0.200. The van der Waals surface area contributed by atoms with E-state index < -0.39 is 39.5 Å². The van der Waals surface area contributed by atoms with Crippen LogP contribution in [-0.2, 0) is 0 Å². The normalized spacial score (nSPS) is 12.6. The zero-order chi connectivity index (χ0) is 15.9. The highest BCUT2D eigenvalue weighted by molar-refractivity contribution is 9.09. The van der Waals surface area contributed by atoms with Crippen molar-refractivity contribution >= 4 is 15.9 Å². The molecule has 0 saturated heterocycles. The minimum atomic E-state index is -2.16. The van der Waals surface area contributed by atoms with Gasteiger partial charge < -0.3 is 0 Å². The third kappa shape index (κ3) is 2.69. The first-order valence-electron chi connectivity index (χ1n) is 5.98. The van der Waals surface area contributed by atoms with E-state index in [1.165, 1.54) is 0 Å². The Morgan fingerprint density at radius 1 is 0.810 bits per heavy atom. The molecule has 0 aromatic heterocycles. The zero-order valence-electron chi connectivity index (χ0n) is 11.1. The quantitative estimate of drug-likeness (QED) is 0.286. The van der Waals surface area contributed by atoms with Gasteiger partial charge in [-0.1, -0.05) is 39.7 Å².